The number of hydrogen-bond acceptors (Lipinski definition) is 4. The van der Waals surface area contributed by atoms with Crippen molar-refractivity contribution in [3.05, 3.63) is 147 Å². The second kappa shape index (κ2) is 10.2. The fraction of sp³-hybridized carbons (Fsp3) is 0.143. The third-order valence-electron chi connectivity index (χ3n) is 6.20. The number of rotatable bonds is 8. The zero-order chi connectivity index (χ0) is 26.7. The van der Waals surface area contributed by atoms with E-state index in [0.29, 0.717) is 16.7 Å². The largest absolute Gasteiger partial charge is 0.428 e. The van der Waals surface area contributed by atoms with Gasteiger partial charge in [-0.15, -0.1) is 0 Å². The molecule has 1 atom stereocenters. The lowest BCUT2D eigenvalue weighted by molar-refractivity contribution is -0.518. The maximum atomic E-state index is 14.2. The molecule has 0 fully saturated rings. The van der Waals surface area contributed by atoms with E-state index >= 15 is 0 Å². The number of nitrogens with zero attached hydrogens (tertiary/aromatic N) is 1. The van der Waals surface area contributed by atoms with Gasteiger partial charge in [-0.2, -0.15) is 13.2 Å². The van der Waals surface area contributed by atoms with Gasteiger partial charge in [0, 0.05) is 21.2 Å². The minimum absolute atomic E-state index is 0.115. The van der Waals surface area contributed by atoms with E-state index in [1.54, 1.807) is 36.4 Å². The molecule has 0 radical (unpaired) electrons. The molecule has 0 aromatic heterocycles. The van der Waals surface area contributed by atoms with Crippen molar-refractivity contribution in [3.8, 4) is 0 Å². The van der Waals surface area contributed by atoms with E-state index in [0.717, 1.165) is 6.07 Å². The molecule has 4 aromatic carbocycles. The van der Waals surface area contributed by atoms with Gasteiger partial charge < -0.3 is 10.4 Å². The first kappa shape index (κ1) is 26.2. The Morgan fingerprint density at radius 2 is 1.22 bits per heavy atom. The lowest BCUT2D eigenvalue weighted by Gasteiger charge is -2.39. The SMILES string of the molecule is O=[N+]([O-])CC(O)(c1cc(Cl)ccc1NC(c1ccccc1)(c1ccccc1)c1ccccc1)C(F)(F)F. The van der Waals surface area contributed by atoms with Gasteiger partial charge in [0.1, 0.15) is 5.54 Å². The molecule has 0 bridgehead atoms. The number of anilines is 1. The number of alkyl halides is 3. The summed E-state index contributed by atoms with van der Waals surface area (Å²) < 4.78 is 42.7. The zero-order valence-electron chi connectivity index (χ0n) is 19.3. The maximum absolute atomic E-state index is 14.2. The first-order chi connectivity index (χ1) is 17.6. The predicted octanol–water partition coefficient (Wildman–Crippen LogP) is 6.77. The monoisotopic (exact) mass is 526 g/mol. The highest BCUT2D eigenvalue weighted by molar-refractivity contribution is 6.30. The molecule has 0 heterocycles. The topological polar surface area (TPSA) is 75.4 Å². The first-order valence-corrected chi connectivity index (χ1v) is 11.6. The molecule has 0 aliphatic carbocycles. The van der Waals surface area contributed by atoms with Gasteiger partial charge in [0.2, 0.25) is 6.54 Å². The average Bonchev–Trinajstić information content (AvgIpc) is 2.88. The molecule has 4 aromatic rings. The van der Waals surface area contributed by atoms with E-state index < -0.39 is 34.3 Å². The van der Waals surface area contributed by atoms with Gasteiger partial charge >= 0.3 is 6.18 Å². The second-order valence-electron chi connectivity index (χ2n) is 8.51. The van der Waals surface area contributed by atoms with Crippen molar-refractivity contribution in [3.63, 3.8) is 0 Å². The summed E-state index contributed by atoms with van der Waals surface area (Å²) in [5.41, 5.74) is -3.89. The lowest BCUT2D eigenvalue weighted by atomic mass is 9.76. The Hall–Kier alpha value is -3.88. The van der Waals surface area contributed by atoms with Crippen LogP contribution < -0.4 is 5.32 Å². The number of hydrogen-bond donors (Lipinski definition) is 2. The Morgan fingerprint density at radius 3 is 1.59 bits per heavy atom. The van der Waals surface area contributed by atoms with Gasteiger partial charge in [0.05, 0.1) is 0 Å². The standard InChI is InChI=1S/C28H22ClF3N2O3/c29-23-16-17-25(24(18-23)26(35,19-34(36)37)28(30,31)32)33-27(20-10-4-1-5-11-20,21-12-6-2-7-13-21)22-14-8-3-9-15-22/h1-18,33,35H,19H2. The quantitative estimate of drug-likeness (QED) is 0.151. The molecule has 9 heteroatoms. The van der Waals surface area contributed by atoms with Crippen LogP contribution in [-0.2, 0) is 11.1 Å². The van der Waals surface area contributed by atoms with Crippen LogP contribution >= 0.6 is 11.6 Å². The molecule has 1 unspecified atom stereocenters. The van der Waals surface area contributed by atoms with Crippen LogP contribution in [-0.4, -0.2) is 22.8 Å². The van der Waals surface area contributed by atoms with Crippen molar-refractivity contribution < 1.29 is 23.2 Å². The highest BCUT2D eigenvalue weighted by Gasteiger charge is 2.60. The number of aliphatic hydroxyl groups is 1. The van der Waals surface area contributed by atoms with Crippen molar-refractivity contribution in [1.82, 2.24) is 0 Å². The Labute approximate surface area is 216 Å². The van der Waals surface area contributed by atoms with Crippen LogP contribution in [0.1, 0.15) is 22.3 Å². The fourth-order valence-corrected chi connectivity index (χ4v) is 4.64. The van der Waals surface area contributed by atoms with E-state index in [9.17, 15) is 28.4 Å². The summed E-state index contributed by atoms with van der Waals surface area (Å²) >= 11 is 6.06. The van der Waals surface area contributed by atoms with E-state index in [1.165, 1.54) is 12.1 Å². The van der Waals surface area contributed by atoms with E-state index in [-0.39, 0.29) is 10.7 Å². The number of benzene rings is 4. The molecular weight excluding hydrogens is 505 g/mol. The summed E-state index contributed by atoms with van der Waals surface area (Å²) in [4.78, 5) is 10.1. The third-order valence-corrected chi connectivity index (χ3v) is 6.43. The van der Waals surface area contributed by atoms with Crippen LogP contribution in [0.2, 0.25) is 5.02 Å². The predicted molar refractivity (Wildman–Crippen MR) is 136 cm³/mol. The molecule has 37 heavy (non-hydrogen) atoms. The average molecular weight is 527 g/mol. The van der Waals surface area contributed by atoms with E-state index in [1.807, 2.05) is 54.6 Å². The van der Waals surface area contributed by atoms with E-state index in [4.69, 9.17) is 11.6 Å². The van der Waals surface area contributed by atoms with Crippen LogP contribution in [0, 0.1) is 10.1 Å². The summed E-state index contributed by atoms with van der Waals surface area (Å²) in [6.07, 6.45) is -5.36. The molecule has 0 aliphatic heterocycles. The van der Waals surface area contributed by atoms with Gasteiger partial charge in [0.15, 0.2) is 0 Å². The smallest absolute Gasteiger partial charge is 0.371 e. The minimum Gasteiger partial charge on any atom is -0.371 e. The lowest BCUT2D eigenvalue weighted by Crippen LogP contribution is -2.49. The second-order valence-corrected chi connectivity index (χ2v) is 8.95. The van der Waals surface area contributed by atoms with Crippen molar-refractivity contribution in [2.75, 3.05) is 11.9 Å². The Bertz CT molecular complexity index is 1270. The van der Waals surface area contributed by atoms with Crippen LogP contribution in [0.25, 0.3) is 0 Å². The normalized spacial score (nSPS) is 13.5. The fourth-order valence-electron chi connectivity index (χ4n) is 4.46. The number of nitrogens with one attached hydrogen (secondary N) is 1. The molecule has 190 valence electrons. The highest BCUT2D eigenvalue weighted by atomic mass is 35.5. The number of halogens is 4. The summed E-state index contributed by atoms with van der Waals surface area (Å²) in [5.74, 6) is 0. The molecule has 0 amide bonds. The van der Waals surface area contributed by atoms with Crippen molar-refractivity contribution in [2.24, 2.45) is 0 Å². The van der Waals surface area contributed by atoms with Crippen molar-refractivity contribution in [2.45, 2.75) is 17.3 Å². The highest BCUT2D eigenvalue weighted by Crippen LogP contribution is 2.46. The van der Waals surface area contributed by atoms with Crippen molar-refractivity contribution >= 4 is 17.3 Å². The molecule has 0 spiro atoms. The van der Waals surface area contributed by atoms with Crippen LogP contribution in [0.3, 0.4) is 0 Å². The Kier molecular flexibility index (Phi) is 7.25. The zero-order valence-corrected chi connectivity index (χ0v) is 20.1. The summed E-state index contributed by atoms with van der Waals surface area (Å²) in [6, 6.07) is 30.8. The van der Waals surface area contributed by atoms with Gasteiger partial charge in [-0.25, -0.2) is 0 Å². The summed E-state index contributed by atoms with van der Waals surface area (Å²) in [7, 11) is 0. The summed E-state index contributed by atoms with van der Waals surface area (Å²) in [5, 5.41) is 25.2. The van der Waals surface area contributed by atoms with Gasteiger partial charge in [-0.1, -0.05) is 103 Å². The maximum Gasteiger partial charge on any atom is 0.428 e. The van der Waals surface area contributed by atoms with Crippen LogP contribution in [0.15, 0.2) is 109 Å². The molecular formula is C28H22ClF3N2O3. The molecule has 5 nitrogen and oxygen atoms in total. The molecule has 0 saturated heterocycles. The van der Waals surface area contributed by atoms with Crippen LogP contribution in [0.5, 0.6) is 0 Å². The first-order valence-electron chi connectivity index (χ1n) is 11.2. The van der Waals surface area contributed by atoms with Crippen molar-refractivity contribution in [1.29, 1.82) is 0 Å². The van der Waals surface area contributed by atoms with Crippen LogP contribution in [0.4, 0.5) is 18.9 Å². The molecule has 4 rings (SSSR count). The van der Waals surface area contributed by atoms with Gasteiger partial charge in [0.25, 0.3) is 5.60 Å². The minimum atomic E-state index is -5.36. The molecule has 0 saturated carbocycles. The third kappa shape index (κ3) is 5.03. The van der Waals surface area contributed by atoms with E-state index in [2.05, 4.69) is 5.32 Å². The molecule has 2 N–H and O–H groups in total. The summed E-state index contributed by atoms with van der Waals surface area (Å²) in [6.45, 7) is -1.79. The molecule has 0 aliphatic rings. The Morgan fingerprint density at radius 1 is 0.784 bits per heavy atom. The number of nitro groups is 1. The van der Waals surface area contributed by atoms with Gasteiger partial charge in [-0.05, 0) is 34.9 Å². The Balaban J connectivity index is 2.05. The van der Waals surface area contributed by atoms with Gasteiger partial charge in [-0.3, -0.25) is 10.1 Å².